The smallest absolute Gasteiger partial charge is 0.312 e. The number of carboxylic acids is 1. The summed E-state index contributed by atoms with van der Waals surface area (Å²) in [6.07, 6.45) is 22.2. The second-order valence-corrected chi connectivity index (χ2v) is 13.8. The highest BCUT2D eigenvalue weighted by Gasteiger charge is 2.50. The van der Waals surface area contributed by atoms with Crippen LogP contribution in [0.25, 0.3) is 0 Å². The van der Waals surface area contributed by atoms with E-state index in [0.29, 0.717) is 36.7 Å². The van der Waals surface area contributed by atoms with E-state index in [1.807, 2.05) is 0 Å². The molecule has 0 radical (unpaired) electrons. The minimum absolute atomic E-state index is 0.0963. The first kappa shape index (κ1) is 39.9. The molecule has 4 nitrogen and oxygen atoms in total. The summed E-state index contributed by atoms with van der Waals surface area (Å²) in [5, 5.41) is 8.77. The van der Waals surface area contributed by atoms with Gasteiger partial charge in [-0.1, -0.05) is 152 Å². The normalized spacial score (nSPS) is 15.6. The van der Waals surface area contributed by atoms with E-state index < -0.39 is 11.4 Å². The zero-order chi connectivity index (χ0) is 31.1. The summed E-state index contributed by atoms with van der Waals surface area (Å²) in [5.41, 5.74) is -0.415. The summed E-state index contributed by atoms with van der Waals surface area (Å²) in [6, 6.07) is 0. The molecular formula is C37H72O4. The number of esters is 1. The third kappa shape index (κ3) is 16.4. The number of carbonyl (C=O) groups is 2. The van der Waals surface area contributed by atoms with E-state index in [2.05, 4.69) is 55.4 Å². The average Bonchev–Trinajstić information content (AvgIpc) is 2.93. The highest BCUT2D eigenvalue weighted by atomic mass is 16.5. The number of ether oxygens (including phenoxy) is 1. The number of hydrogen-bond donors (Lipinski definition) is 1. The molecule has 0 saturated carbocycles. The molecule has 244 valence electrons. The van der Waals surface area contributed by atoms with Crippen LogP contribution >= 0.6 is 0 Å². The van der Waals surface area contributed by atoms with Crippen molar-refractivity contribution in [2.24, 2.45) is 35.0 Å². The van der Waals surface area contributed by atoms with Crippen molar-refractivity contribution in [1.29, 1.82) is 0 Å². The first-order valence-corrected chi connectivity index (χ1v) is 18.0. The molecule has 41 heavy (non-hydrogen) atoms. The molecule has 0 fully saturated rings. The molecule has 0 amide bonds. The molecule has 0 bridgehead atoms. The second-order valence-electron chi connectivity index (χ2n) is 13.8. The zero-order valence-electron chi connectivity index (χ0n) is 28.9. The fraction of sp³-hybridized carbons (Fsp3) is 0.946. The highest BCUT2D eigenvalue weighted by molar-refractivity contribution is 5.77. The molecule has 4 atom stereocenters. The Labute approximate surface area is 256 Å². The van der Waals surface area contributed by atoms with Gasteiger partial charge in [-0.2, -0.15) is 0 Å². The summed E-state index contributed by atoms with van der Waals surface area (Å²) in [4.78, 5) is 25.0. The lowest BCUT2D eigenvalue weighted by molar-refractivity contribution is -0.170. The van der Waals surface area contributed by atoms with E-state index >= 15 is 0 Å². The maximum atomic E-state index is 14.3. The number of carbonyl (C=O) groups excluding carboxylic acids is 1. The average molecular weight is 581 g/mol. The highest BCUT2D eigenvalue weighted by Crippen LogP contribution is 2.49. The molecule has 0 aliphatic rings. The maximum absolute atomic E-state index is 14.3. The van der Waals surface area contributed by atoms with Crippen molar-refractivity contribution in [1.82, 2.24) is 0 Å². The molecule has 0 aromatic carbocycles. The number of carboxylic acid groups (broad SMARTS) is 1. The Hall–Kier alpha value is -1.06. The fourth-order valence-corrected chi connectivity index (χ4v) is 7.00. The molecule has 0 aromatic heterocycles. The van der Waals surface area contributed by atoms with Crippen LogP contribution in [-0.2, 0) is 14.3 Å². The van der Waals surface area contributed by atoms with Crippen molar-refractivity contribution in [3.63, 3.8) is 0 Å². The Kier molecular flexibility index (Phi) is 23.8. The van der Waals surface area contributed by atoms with E-state index in [0.717, 1.165) is 51.4 Å². The largest absolute Gasteiger partial charge is 0.481 e. The van der Waals surface area contributed by atoms with Gasteiger partial charge in [-0.15, -0.1) is 0 Å². The van der Waals surface area contributed by atoms with Gasteiger partial charge in [0.25, 0.3) is 0 Å². The fourth-order valence-electron chi connectivity index (χ4n) is 7.00. The second kappa shape index (κ2) is 24.4. The Morgan fingerprint density at radius 2 is 1.15 bits per heavy atom. The van der Waals surface area contributed by atoms with E-state index in [-0.39, 0.29) is 11.9 Å². The van der Waals surface area contributed by atoms with Crippen LogP contribution in [0.2, 0.25) is 0 Å². The summed E-state index contributed by atoms with van der Waals surface area (Å²) in [5.74, 6) is 1.51. The van der Waals surface area contributed by atoms with Crippen LogP contribution in [0.5, 0.6) is 0 Å². The van der Waals surface area contributed by atoms with Crippen molar-refractivity contribution in [2.75, 3.05) is 6.61 Å². The van der Waals surface area contributed by atoms with Gasteiger partial charge in [0.15, 0.2) is 0 Å². The Balaban J connectivity index is 5.43. The molecular weight excluding hydrogens is 508 g/mol. The van der Waals surface area contributed by atoms with Crippen LogP contribution in [0.1, 0.15) is 184 Å². The van der Waals surface area contributed by atoms with Crippen LogP contribution in [0.15, 0.2) is 0 Å². The van der Waals surface area contributed by atoms with E-state index in [9.17, 15) is 9.59 Å². The molecule has 4 heteroatoms. The summed E-state index contributed by atoms with van der Waals surface area (Å²) < 4.78 is 6.34. The third-order valence-corrected chi connectivity index (χ3v) is 9.95. The molecule has 1 N–H and O–H groups in total. The van der Waals surface area contributed by atoms with Crippen molar-refractivity contribution >= 4 is 11.9 Å². The molecule has 0 aliphatic carbocycles. The first-order chi connectivity index (χ1) is 19.6. The minimum Gasteiger partial charge on any atom is -0.481 e. The van der Waals surface area contributed by atoms with E-state index in [4.69, 9.17) is 9.84 Å². The van der Waals surface area contributed by atoms with Crippen molar-refractivity contribution in [3.05, 3.63) is 0 Å². The first-order valence-electron chi connectivity index (χ1n) is 18.0. The zero-order valence-corrected chi connectivity index (χ0v) is 28.9. The number of unbranched alkanes of at least 4 members (excludes halogenated alkanes) is 10. The molecule has 0 aromatic rings. The van der Waals surface area contributed by atoms with Crippen LogP contribution in [-0.4, -0.2) is 23.7 Å². The van der Waals surface area contributed by atoms with Gasteiger partial charge in [0.2, 0.25) is 0 Å². The summed E-state index contributed by atoms with van der Waals surface area (Å²) in [6.45, 7) is 18.9. The van der Waals surface area contributed by atoms with Gasteiger partial charge in [0, 0.05) is 6.42 Å². The molecule has 4 unspecified atom stereocenters. The van der Waals surface area contributed by atoms with Gasteiger partial charge in [-0.25, -0.2) is 0 Å². The standard InChI is InChI=1S/C37H72O4/c1-9-13-24-32(11-3)28-37(31(7)8,36(40)41-29-33(12-4)25-14-10-2)34(30(5)6)26-22-20-18-16-15-17-19-21-23-27-35(38)39/h30-34H,9-29H2,1-8H3,(H,38,39). The Morgan fingerprint density at radius 3 is 1.59 bits per heavy atom. The quantitative estimate of drug-likeness (QED) is 0.0738. The van der Waals surface area contributed by atoms with Gasteiger partial charge in [0.1, 0.15) is 0 Å². The van der Waals surface area contributed by atoms with Gasteiger partial charge >= 0.3 is 11.9 Å². The van der Waals surface area contributed by atoms with Gasteiger partial charge in [0.05, 0.1) is 12.0 Å². The number of rotatable bonds is 28. The topological polar surface area (TPSA) is 63.6 Å². The molecule has 0 heterocycles. The summed E-state index contributed by atoms with van der Waals surface area (Å²) >= 11 is 0. The molecule has 0 rings (SSSR count). The van der Waals surface area contributed by atoms with Crippen LogP contribution in [0.4, 0.5) is 0 Å². The molecule has 0 aliphatic heterocycles. The lowest BCUT2D eigenvalue weighted by atomic mass is 9.58. The predicted octanol–water partition coefficient (Wildman–Crippen LogP) is 11.6. The van der Waals surface area contributed by atoms with E-state index in [1.54, 1.807) is 0 Å². The van der Waals surface area contributed by atoms with Crippen molar-refractivity contribution in [3.8, 4) is 0 Å². The number of hydrogen-bond acceptors (Lipinski definition) is 3. The Morgan fingerprint density at radius 1 is 0.659 bits per heavy atom. The van der Waals surface area contributed by atoms with Crippen LogP contribution < -0.4 is 0 Å². The van der Waals surface area contributed by atoms with E-state index in [1.165, 1.54) is 70.6 Å². The van der Waals surface area contributed by atoms with Crippen LogP contribution in [0, 0.1) is 35.0 Å². The van der Waals surface area contributed by atoms with Crippen molar-refractivity contribution in [2.45, 2.75) is 184 Å². The van der Waals surface area contributed by atoms with Crippen molar-refractivity contribution < 1.29 is 19.4 Å². The maximum Gasteiger partial charge on any atom is 0.312 e. The van der Waals surface area contributed by atoms with Gasteiger partial charge in [-0.05, 0) is 55.3 Å². The molecule has 0 saturated heterocycles. The van der Waals surface area contributed by atoms with Gasteiger partial charge < -0.3 is 9.84 Å². The third-order valence-electron chi connectivity index (χ3n) is 9.95. The predicted molar refractivity (Wildman–Crippen MR) is 176 cm³/mol. The van der Waals surface area contributed by atoms with Crippen LogP contribution in [0.3, 0.4) is 0 Å². The lowest BCUT2D eigenvalue weighted by Crippen LogP contribution is -2.48. The Bertz CT molecular complexity index is 643. The summed E-state index contributed by atoms with van der Waals surface area (Å²) in [7, 11) is 0. The van der Waals surface area contributed by atoms with Gasteiger partial charge in [-0.3, -0.25) is 9.59 Å². The number of aliphatic carboxylic acids is 1. The lowest BCUT2D eigenvalue weighted by Gasteiger charge is -2.46. The minimum atomic E-state index is -0.678. The SMILES string of the molecule is CCCCC(CC)COC(=O)C(CC(CC)CCCC)(C(C)C)C(CCCCCCCCCCCC(=O)O)C(C)C. The molecule has 0 spiro atoms. The monoisotopic (exact) mass is 581 g/mol.